The van der Waals surface area contributed by atoms with Crippen LogP contribution in [0.5, 0.6) is 0 Å². The van der Waals surface area contributed by atoms with Gasteiger partial charge in [-0.1, -0.05) is 19.1 Å². The third kappa shape index (κ3) is 5.06. The molecule has 0 aromatic carbocycles. The van der Waals surface area contributed by atoms with Gasteiger partial charge in [-0.2, -0.15) is 0 Å². The maximum Gasteiger partial charge on any atom is 0.0811 e. The molecule has 0 saturated carbocycles. The van der Waals surface area contributed by atoms with E-state index in [-0.39, 0.29) is 0 Å². The van der Waals surface area contributed by atoms with E-state index in [0.717, 1.165) is 45.5 Å². The first-order chi connectivity index (χ1) is 6.43. The van der Waals surface area contributed by atoms with E-state index in [1.807, 2.05) is 0 Å². The van der Waals surface area contributed by atoms with Crippen molar-refractivity contribution in [2.24, 2.45) is 0 Å². The van der Waals surface area contributed by atoms with Crippen LogP contribution in [0.2, 0.25) is 0 Å². The second kappa shape index (κ2) is 7.10. The molecule has 0 unspecified atom stereocenters. The second-order valence-corrected chi connectivity index (χ2v) is 3.41. The summed E-state index contributed by atoms with van der Waals surface area (Å²) in [7, 11) is 0. The Labute approximate surface area is 80.9 Å². The van der Waals surface area contributed by atoms with E-state index in [1.54, 1.807) is 0 Å². The Morgan fingerprint density at radius 2 is 2.23 bits per heavy atom. The van der Waals surface area contributed by atoms with Gasteiger partial charge in [0.1, 0.15) is 0 Å². The average Bonchev–Trinajstić information content (AvgIpc) is 2.08. The largest absolute Gasteiger partial charge is 0.379 e. The maximum absolute atomic E-state index is 5.65. The third-order valence-electron chi connectivity index (χ3n) is 2.11. The zero-order valence-electron chi connectivity index (χ0n) is 8.50. The Hall–Kier alpha value is -0.340. The summed E-state index contributed by atoms with van der Waals surface area (Å²) >= 11 is 0. The summed E-state index contributed by atoms with van der Waals surface area (Å²) in [6.07, 6.45) is 9.12. The van der Waals surface area contributed by atoms with Crippen LogP contribution in [0.25, 0.3) is 0 Å². The lowest BCUT2D eigenvalue weighted by Crippen LogP contribution is -2.21. The van der Waals surface area contributed by atoms with Gasteiger partial charge in [-0.05, 0) is 25.7 Å². The minimum Gasteiger partial charge on any atom is -0.379 e. The maximum atomic E-state index is 5.65. The molecule has 2 nitrogen and oxygen atoms in total. The molecule has 1 aliphatic heterocycles. The molecule has 1 atom stereocenters. The van der Waals surface area contributed by atoms with Gasteiger partial charge in [0.05, 0.1) is 19.3 Å². The SMILES string of the molecule is CCCOC[C@@H]1CC/C=C/CCO1. The number of allylic oxidation sites excluding steroid dienone is 1. The molecule has 1 aliphatic rings. The van der Waals surface area contributed by atoms with Gasteiger partial charge in [0.2, 0.25) is 0 Å². The van der Waals surface area contributed by atoms with Crippen molar-refractivity contribution in [2.45, 2.75) is 38.7 Å². The highest BCUT2D eigenvalue weighted by Gasteiger charge is 2.09. The van der Waals surface area contributed by atoms with E-state index >= 15 is 0 Å². The topological polar surface area (TPSA) is 18.5 Å². The highest BCUT2D eigenvalue weighted by atomic mass is 16.5. The zero-order chi connectivity index (χ0) is 9.36. The Kier molecular flexibility index (Phi) is 5.87. The van der Waals surface area contributed by atoms with Gasteiger partial charge in [-0.25, -0.2) is 0 Å². The smallest absolute Gasteiger partial charge is 0.0811 e. The van der Waals surface area contributed by atoms with Crippen LogP contribution in [0.15, 0.2) is 12.2 Å². The van der Waals surface area contributed by atoms with Gasteiger partial charge in [0, 0.05) is 6.61 Å². The molecule has 0 saturated heterocycles. The van der Waals surface area contributed by atoms with Gasteiger partial charge < -0.3 is 9.47 Å². The molecular weight excluding hydrogens is 164 g/mol. The summed E-state index contributed by atoms with van der Waals surface area (Å²) in [5.74, 6) is 0. The van der Waals surface area contributed by atoms with Gasteiger partial charge in [0.25, 0.3) is 0 Å². The van der Waals surface area contributed by atoms with Crippen molar-refractivity contribution in [3.05, 3.63) is 12.2 Å². The van der Waals surface area contributed by atoms with Crippen molar-refractivity contribution >= 4 is 0 Å². The summed E-state index contributed by atoms with van der Waals surface area (Å²) in [5.41, 5.74) is 0. The summed E-state index contributed by atoms with van der Waals surface area (Å²) < 4.78 is 11.1. The van der Waals surface area contributed by atoms with Crippen molar-refractivity contribution in [2.75, 3.05) is 19.8 Å². The molecule has 0 aromatic heterocycles. The van der Waals surface area contributed by atoms with E-state index in [0.29, 0.717) is 6.10 Å². The summed E-state index contributed by atoms with van der Waals surface area (Å²) in [6.45, 7) is 4.59. The predicted molar refractivity (Wildman–Crippen MR) is 53.8 cm³/mol. The van der Waals surface area contributed by atoms with Crippen LogP contribution < -0.4 is 0 Å². The highest BCUT2D eigenvalue weighted by Crippen LogP contribution is 2.08. The Morgan fingerprint density at radius 3 is 3.08 bits per heavy atom. The molecule has 1 heterocycles. The Bertz CT molecular complexity index is 143. The number of hydrogen-bond acceptors (Lipinski definition) is 2. The molecule has 2 heteroatoms. The lowest BCUT2D eigenvalue weighted by molar-refractivity contribution is -0.0193. The molecular formula is C11H20O2. The van der Waals surface area contributed by atoms with E-state index < -0.39 is 0 Å². The van der Waals surface area contributed by atoms with Crippen molar-refractivity contribution in [1.82, 2.24) is 0 Å². The fraction of sp³-hybridized carbons (Fsp3) is 0.818. The van der Waals surface area contributed by atoms with Crippen LogP contribution in [0.1, 0.15) is 32.6 Å². The van der Waals surface area contributed by atoms with Crippen LogP contribution >= 0.6 is 0 Å². The van der Waals surface area contributed by atoms with E-state index in [9.17, 15) is 0 Å². The number of ether oxygens (including phenoxy) is 2. The lowest BCUT2D eigenvalue weighted by Gasteiger charge is -2.18. The van der Waals surface area contributed by atoms with Gasteiger partial charge >= 0.3 is 0 Å². The summed E-state index contributed by atoms with van der Waals surface area (Å²) in [4.78, 5) is 0. The van der Waals surface area contributed by atoms with Crippen LogP contribution in [-0.4, -0.2) is 25.9 Å². The van der Waals surface area contributed by atoms with Crippen molar-refractivity contribution in [3.8, 4) is 0 Å². The molecule has 0 aliphatic carbocycles. The molecule has 0 amide bonds. The number of hydrogen-bond donors (Lipinski definition) is 0. The van der Waals surface area contributed by atoms with E-state index in [1.165, 1.54) is 0 Å². The molecule has 13 heavy (non-hydrogen) atoms. The molecule has 0 fully saturated rings. The minimum absolute atomic E-state index is 0.316. The normalized spacial score (nSPS) is 26.4. The fourth-order valence-corrected chi connectivity index (χ4v) is 1.39. The molecule has 76 valence electrons. The fourth-order valence-electron chi connectivity index (χ4n) is 1.39. The average molecular weight is 184 g/mol. The van der Waals surface area contributed by atoms with Crippen molar-refractivity contribution in [3.63, 3.8) is 0 Å². The Morgan fingerprint density at radius 1 is 1.38 bits per heavy atom. The zero-order valence-corrected chi connectivity index (χ0v) is 8.50. The second-order valence-electron chi connectivity index (χ2n) is 3.41. The lowest BCUT2D eigenvalue weighted by atomic mass is 10.1. The third-order valence-corrected chi connectivity index (χ3v) is 2.11. The van der Waals surface area contributed by atoms with Crippen molar-refractivity contribution < 1.29 is 9.47 Å². The minimum atomic E-state index is 0.316. The quantitative estimate of drug-likeness (QED) is 0.494. The van der Waals surface area contributed by atoms with Crippen LogP contribution in [0.3, 0.4) is 0 Å². The molecule has 0 bridgehead atoms. The highest BCUT2D eigenvalue weighted by molar-refractivity contribution is 4.84. The first-order valence-electron chi connectivity index (χ1n) is 5.28. The van der Waals surface area contributed by atoms with E-state index in [2.05, 4.69) is 19.1 Å². The monoisotopic (exact) mass is 184 g/mol. The summed E-state index contributed by atoms with van der Waals surface area (Å²) in [6, 6.07) is 0. The molecule has 0 spiro atoms. The van der Waals surface area contributed by atoms with Gasteiger partial charge in [-0.3, -0.25) is 0 Å². The molecule has 0 aromatic rings. The first-order valence-corrected chi connectivity index (χ1v) is 5.28. The van der Waals surface area contributed by atoms with Crippen molar-refractivity contribution in [1.29, 1.82) is 0 Å². The van der Waals surface area contributed by atoms with Gasteiger partial charge in [0.15, 0.2) is 0 Å². The summed E-state index contributed by atoms with van der Waals surface area (Å²) in [5, 5.41) is 0. The first kappa shape index (κ1) is 10.7. The standard InChI is InChI=1S/C11H20O2/c1-2-8-12-10-11-7-5-3-4-6-9-13-11/h3-4,11H,2,5-10H2,1H3/b4-3+/t11-/m0/s1. The van der Waals surface area contributed by atoms with Gasteiger partial charge in [-0.15, -0.1) is 0 Å². The molecule has 0 radical (unpaired) electrons. The predicted octanol–water partition coefficient (Wildman–Crippen LogP) is 2.54. The van der Waals surface area contributed by atoms with Crippen LogP contribution in [-0.2, 0) is 9.47 Å². The molecule has 0 N–H and O–H groups in total. The number of rotatable bonds is 4. The molecule has 1 rings (SSSR count). The van der Waals surface area contributed by atoms with E-state index in [4.69, 9.17) is 9.47 Å². The van der Waals surface area contributed by atoms with Crippen LogP contribution in [0.4, 0.5) is 0 Å². The van der Waals surface area contributed by atoms with Crippen LogP contribution in [0, 0.1) is 0 Å². The Balaban J connectivity index is 2.12.